The molecule has 0 amide bonds. The highest BCUT2D eigenvalue weighted by Gasteiger charge is 2.38. The molecule has 0 saturated heterocycles. The van der Waals surface area contributed by atoms with E-state index < -0.39 is 8.07 Å². The van der Waals surface area contributed by atoms with E-state index in [1.54, 1.807) is 0 Å². The molecule has 5 aromatic carbocycles. The molecular formula is C33H28ClNSi. The van der Waals surface area contributed by atoms with Crippen molar-refractivity contribution >= 4 is 47.1 Å². The van der Waals surface area contributed by atoms with Gasteiger partial charge >= 0.3 is 0 Å². The Balaban J connectivity index is 1.56. The maximum atomic E-state index is 6.81. The van der Waals surface area contributed by atoms with Crippen molar-refractivity contribution < 1.29 is 0 Å². The summed E-state index contributed by atoms with van der Waals surface area (Å²) in [6, 6.07) is 41.5. The minimum Gasteiger partial charge on any atom is -0.310 e. The minimum absolute atomic E-state index is 0.845. The summed E-state index contributed by atoms with van der Waals surface area (Å²) in [5, 5.41) is 3.73. The van der Waals surface area contributed by atoms with Gasteiger partial charge in [0.05, 0.1) is 0 Å². The molecular weight excluding hydrogens is 474 g/mol. The first-order chi connectivity index (χ1) is 17.4. The molecule has 0 saturated carbocycles. The molecule has 0 atom stereocenters. The molecule has 1 aliphatic rings. The van der Waals surface area contributed by atoms with Crippen LogP contribution in [0.2, 0.25) is 18.1 Å². The lowest BCUT2D eigenvalue weighted by Crippen LogP contribution is -2.49. The van der Waals surface area contributed by atoms with E-state index in [9.17, 15) is 0 Å². The highest BCUT2D eigenvalue weighted by molar-refractivity contribution is 7.04. The van der Waals surface area contributed by atoms with Crippen LogP contribution in [0.3, 0.4) is 0 Å². The van der Waals surface area contributed by atoms with E-state index in [-0.39, 0.29) is 0 Å². The van der Waals surface area contributed by atoms with Gasteiger partial charge in [-0.3, -0.25) is 0 Å². The van der Waals surface area contributed by atoms with Crippen LogP contribution in [-0.4, -0.2) is 8.07 Å². The molecule has 176 valence electrons. The Morgan fingerprint density at radius 3 is 2.03 bits per heavy atom. The van der Waals surface area contributed by atoms with Crippen LogP contribution in [0.4, 0.5) is 17.1 Å². The van der Waals surface area contributed by atoms with Gasteiger partial charge in [0.25, 0.3) is 0 Å². The lowest BCUT2D eigenvalue weighted by molar-refractivity contribution is 1.27. The molecule has 3 heteroatoms. The number of fused-ring (bicyclic) bond motifs is 3. The standard InChI is InChI=1S/C33H28ClNSi/c1-23-10-7-14-26(20-23)35(27-15-8-13-25(21-27)24-11-5-4-6-12-24)28-18-19-31-29(22-28)33-30(34)16-9-17-32(33)36(31,2)3/h4-22H,1-3H3. The van der Waals surface area contributed by atoms with Crippen molar-refractivity contribution in [3.8, 4) is 22.3 Å². The van der Waals surface area contributed by atoms with E-state index in [0.29, 0.717) is 0 Å². The maximum absolute atomic E-state index is 6.81. The van der Waals surface area contributed by atoms with Crippen molar-refractivity contribution in [2.24, 2.45) is 0 Å². The fourth-order valence-electron chi connectivity index (χ4n) is 5.56. The van der Waals surface area contributed by atoms with E-state index >= 15 is 0 Å². The molecule has 0 radical (unpaired) electrons. The van der Waals surface area contributed by atoms with Crippen LogP contribution in [0.25, 0.3) is 22.3 Å². The summed E-state index contributed by atoms with van der Waals surface area (Å²) in [7, 11) is -1.79. The number of hydrogen-bond donors (Lipinski definition) is 0. The zero-order valence-electron chi connectivity index (χ0n) is 20.8. The van der Waals surface area contributed by atoms with E-state index in [1.807, 2.05) is 6.07 Å². The zero-order chi connectivity index (χ0) is 24.9. The molecule has 6 rings (SSSR count). The summed E-state index contributed by atoms with van der Waals surface area (Å²) in [6.45, 7) is 7.00. The molecule has 1 heterocycles. The van der Waals surface area contributed by atoms with Gasteiger partial charge < -0.3 is 4.90 Å². The van der Waals surface area contributed by atoms with Gasteiger partial charge in [0.1, 0.15) is 8.07 Å². The number of hydrogen-bond acceptors (Lipinski definition) is 1. The third kappa shape index (κ3) is 3.78. The summed E-state index contributed by atoms with van der Waals surface area (Å²) >= 11 is 6.81. The Bertz CT molecular complexity index is 1590. The first-order valence-electron chi connectivity index (χ1n) is 12.4. The summed E-state index contributed by atoms with van der Waals surface area (Å²) in [5.74, 6) is 0. The third-order valence-electron chi connectivity index (χ3n) is 7.36. The predicted molar refractivity (Wildman–Crippen MR) is 158 cm³/mol. The number of nitrogens with zero attached hydrogens (tertiary/aromatic N) is 1. The summed E-state index contributed by atoms with van der Waals surface area (Å²) < 4.78 is 0. The molecule has 0 spiro atoms. The zero-order valence-corrected chi connectivity index (χ0v) is 22.6. The van der Waals surface area contributed by atoms with E-state index in [4.69, 9.17) is 11.6 Å². The van der Waals surface area contributed by atoms with E-state index in [0.717, 1.165) is 22.1 Å². The number of rotatable bonds is 4. The normalized spacial score (nSPS) is 13.2. The highest BCUT2D eigenvalue weighted by Crippen LogP contribution is 2.41. The van der Waals surface area contributed by atoms with Gasteiger partial charge in [0.2, 0.25) is 0 Å². The van der Waals surface area contributed by atoms with Crippen LogP contribution in [0, 0.1) is 6.92 Å². The van der Waals surface area contributed by atoms with Gasteiger partial charge in [0, 0.05) is 22.1 Å². The molecule has 0 fully saturated rings. The average molecular weight is 502 g/mol. The molecule has 1 nitrogen and oxygen atoms in total. The van der Waals surface area contributed by atoms with Gasteiger partial charge in [-0.25, -0.2) is 0 Å². The monoisotopic (exact) mass is 501 g/mol. The number of benzene rings is 5. The van der Waals surface area contributed by atoms with Crippen LogP contribution in [0.5, 0.6) is 0 Å². The van der Waals surface area contributed by atoms with Gasteiger partial charge in [-0.2, -0.15) is 0 Å². The van der Waals surface area contributed by atoms with Gasteiger partial charge in [0.15, 0.2) is 0 Å². The van der Waals surface area contributed by atoms with Crippen molar-refractivity contribution in [3.63, 3.8) is 0 Å². The van der Waals surface area contributed by atoms with Gasteiger partial charge in [-0.05, 0) is 87.6 Å². The fourth-order valence-corrected chi connectivity index (χ4v) is 8.98. The van der Waals surface area contributed by atoms with E-state index in [1.165, 1.54) is 38.2 Å². The Morgan fingerprint density at radius 2 is 1.25 bits per heavy atom. The highest BCUT2D eigenvalue weighted by atomic mass is 35.5. The smallest absolute Gasteiger partial charge is 0.113 e. The molecule has 5 aromatic rings. The second-order valence-electron chi connectivity index (χ2n) is 10.1. The van der Waals surface area contributed by atoms with Crippen LogP contribution >= 0.6 is 11.6 Å². The molecule has 0 N–H and O–H groups in total. The average Bonchev–Trinajstić information content (AvgIpc) is 3.12. The largest absolute Gasteiger partial charge is 0.310 e. The second kappa shape index (κ2) is 8.81. The molecule has 36 heavy (non-hydrogen) atoms. The number of halogens is 1. The van der Waals surface area contributed by atoms with Crippen LogP contribution in [-0.2, 0) is 0 Å². The van der Waals surface area contributed by atoms with Crippen molar-refractivity contribution in [2.75, 3.05) is 4.90 Å². The Kier molecular flexibility index (Phi) is 5.59. The molecule has 0 unspecified atom stereocenters. The first-order valence-corrected chi connectivity index (χ1v) is 15.8. The number of aryl methyl sites for hydroxylation is 1. The van der Waals surface area contributed by atoms with Crippen molar-refractivity contribution in [3.05, 3.63) is 126 Å². The third-order valence-corrected chi connectivity index (χ3v) is 11.2. The Morgan fingerprint density at radius 1 is 0.583 bits per heavy atom. The van der Waals surface area contributed by atoms with Gasteiger partial charge in [-0.1, -0.05) is 97.5 Å². The lowest BCUT2D eigenvalue weighted by atomic mass is 10.0. The Hall–Kier alpha value is -3.59. The predicted octanol–water partition coefficient (Wildman–Crippen LogP) is 8.59. The topological polar surface area (TPSA) is 3.24 Å². The van der Waals surface area contributed by atoms with Crippen LogP contribution in [0.1, 0.15) is 5.56 Å². The molecule has 0 aliphatic carbocycles. The summed E-state index contributed by atoms with van der Waals surface area (Å²) in [6.07, 6.45) is 0. The van der Waals surface area contributed by atoms with Gasteiger partial charge in [-0.15, -0.1) is 0 Å². The molecule has 0 aromatic heterocycles. The van der Waals surface area contributed by atoms with E-state index in [2.05, 4.69) is 134 Å². The summed E-state index contributed by atoms with van der Waals surface area (Å²) in [5.41, 5.74) is 9.57. The Labute approximate surface area is 219 Å². The number of anilines is 3. The first kappa shape index (κ1) is 22.8. The minimum atomic E-state index is -1.79. The van der Waals surface area contributed by atoms with Crippen molar-refractivity contribution in [1.82, 2.24) is 0 Å². The van der Waals surface area contributed by atoms with Crippen LogP contribution < -0.4 is 15.3 Å². The van der Waals surface area contributed by atoms with Crippen LogP contribution in [0.15, 0.2) is 115 Å². The van der Waals surface area contributed by atoms with Crippen molar-refractivity contribution in [1.29, 1.82) is 0 Å². The SMILES string of the molecule is Cc1cccc(N(c2cccc(-c3ccccc3)c2)c2ccc3c(c2)-c2c(Cl)cccc2[Si]3(C)C)c1. The lowest BCUT2D eigenvalue weighted by Gasteiger charge is -2.27. The summed E-state index contributed by atoms with van der Waals surface area (Å²) in [4.78, 5) is 2.36. The quantitative estimate of drug-likeness (QED) is 0.223. The molecule has 1 aliphatic heterocycles. The van der Waals surface area contributed by atoms with Crippen molar-refractivity contribution in [2.45, 2.75) is 20.0 Å². The fraction of sp³-hybridized carbons (Fsp3) is 0.0909. The second-order valence-corrected chi connectivity index (χ2v) is 14.8. The maximum Gasteiger partial charge on any atom is 0.113 e. The molecule has 0 bridgehead atoms.